The summed E-state index contributed by atoms with van der Waals surface area (Å²) in [6, 6.07) is 9.76. The van der Waals surface area contributed by atoms with Gasteiger partial charge in [0.15, 0.2) is 0 Å². The number of benzene rings is 1. The first-order valence-electron chi connectivity index (χ1n) is 5.13. The molecule has 0 aliphatic carbocycles. The fraction of sp³-hybridized carbons (Fsp3) is 0.417. The summed E-state index contributed by atoms with van der Waals surface area (Å²) in [5.74, 6) is 0.483. The fourth-order valence-corrected chi connectivity index (χ4v) is 1.88. The molecule has 88 valence electrons. The first kappa shape index (κ1) is 13.1. The van der Waals surface area contributed by atoms with Crippen LogP contribution in [0.5, 0.6) is 0 Å². The van der Waals surface area contributed by atoms with E-state index in [0.717, 1.165) is 11.3 Å². The van der Waals surface area contributed by atoms with Gasteiger partial charge in [0.25, 0.3) is 0 Å². The number of methoxy groups -OCH3 is 1. The van der Waals surface area contributed by atoms with Crippen molar-refractivity contribution in [2.75, 3.05) is 12.9 Å². The predicted octanol–water partition coefficient (Wildman–Crippen LogP) is 2.46. The molecule has 0 saturated carbocycles. The first-order chi connectivity index (χ1) is 7.77. The van der Waals surface area contributed by atoms with Crippen LogP contribution in [0.1, 0.15) is 12.5 Å². The van der Waals surface area contributed by atoms with Gasteiger partial charge < -0.3 is 9.47 Å². The highest BCUT2D eigenvalue weighted by molar-refractivity contribution is 8.00. The van der Waals surface area contributed by atoms with E-state index in [9.17, 15) is 4.79 Å². The molecule has 16 heavy (non-hydrogen) atoms. The smallest absolute Gasteiger partial charge is 0.345 e. The van der Waals surface area contributed by atoms with Crippen LogP contribution in [0.3, 0.4) is 0 Å². The van der Waals surface area contributed by atoms with Crippen molar-refractivity contribution in [2.24, 2.45) is 0 Å². The molecule has 0 spiro atoms. The number of hydrogen-bond acceptors (Lipinski definition) is 4. The van der Waals surface area contributed by atoms with E-state index in [0.29, 0.717) is 6.61 Å². The van der Waals surface area contributed by atoms with Gasteiger partial charge in [-0.25, -0.2) is 4.79 Å². The SMILES string of the molecule is CCSC(OCc1ccccc1)C(=O)OC. The lowest BCUT2D eigenvalue weighted by Gasteiger charge is -2.14. The number of esters is 1. The van der Waals surface area contributed by atoms with Crippen molar-refractivity contribution in [2.45, 2.75) is 19.0 Å². The molecule has 4 heteroatoms. The van der Waals surface area contributed by atoms with Gasteiger partial charge in [0.1, 0.15) is 0 Å². The minimum atomic E-state index is -0.532. The maximum absolute atomic E-state index is 11.4. The van der Waals surface area contributed by atoms with Crippen molar-refractivity contribution in [3.8, 4) is 0 Å². The van der Waals surface area contributed by atoms with Crippen molar-refractivity contribution < 1.29 is 14.3 Å². The molecule has 0 saturated heterocycles. The fourth-order valence-electron chi connectivity index (χ4n) is 1.18. The van der Waals surface area contributed by atoms with Gasteiger partial charge in [0, 0.05) is 0 Å². The largest absolute Gasteiger partial charge is 0.466 e. The van der Waals surface area contributed by atoms with E-state index in [4.69, 9.17) is 4.74 Å². The van der Waals surface area contributed by atoms with Gasteiger partial charge in [0.2, 0.25) is 5.44 Å². The maximum Gasteiger partial charge on any atom is 0.345 e. The van der Waals surface area contributed by atoms with Crippen molar-refractivity contribution in [1.82, 2.24) is 0 Å². The van der Waals surface area contributed by atoms with Crippen molar-refractivity contribution in [3.63, 3.8) is 0 Å². The molecule has 0 fully saturated rings. The number of carbonyl (C=O) groups is 1. The van der Waals surface area contributed by atoms with E-state index in [1.165, 1.54) is 18.9 Å². The summed E-state index contributed by atoms with van der Waals surface area (Å²) in [6.07, 6.45) is 0. The van der Waals surface area contributed by atoms with Crippen LogP contribution in [-0.2, 0) is 20.9 Å². The molecule has 0 aliphatic heterocycles. The van der Waals surface area contributed by atoms with Gasteiger partial charge in [-0.3, -0.25) is 0 Å². The zero-order chi connectivity index (χ0) is 11.8. The quantitative estimate of drug-likeness (QED) is 0.565. The van der Waals surface area contributed by atoms with Crippen LogP contribution < -0.4 is 0 Å². The van der Waals surface area contributed by atoms with Gasteiger partial charge >= 0.3 is 5.97 Å². The Morgan fingerprint density at radius 1 is 1.38 bits per heavy atom. The van der Waals surface area contributed by atoms with Gasteiger partial charge in [-0.1, -0.05) is 37.3 Å². The Kier molecular flexibility index (Phi) is 5.96. The van der Waals surface area contributed by atoms with Crippen LogP contribution in [0.25, 0.3) is 0 Å². The lowest BCUT2D eigenvalue weighted by Crippen LogP contribution is -2.22. The highest BCUT2D eigenvalue weighted by atomic mass is 32.2. The molecule has 1 atom stereocenters. The van der Waals surface area contributed by atoms with Gasteiger partial charge in [-0.2, -0.15) is 0 Å². The van der Waals surface area contributed by atoms with Crippen LogP contribution in [-0.4, -0.2) is 24.3 Å². The minimum Gasteiger partial charge on any atom is -0.466 e. The molecule has 0 radical (unpaired) electrons. The van der Waals surface area contributed by atoms with Gasteiger partial charge in [0.05, 0.1) is 13.7 Å². The number of carbonyl (C=O) groups excluding carboxylic acids is 1. The molecule has 3 nitrogen and oxygen atoms in total. The Morgan fingerprint density at radius 2 is 2.06 bits per heavy atom. The van der Waals surface area contributed by atoms with Crippen molar-refractivity contribution in [3.05, 3.63) is 35.9 Å². The molecule has 1 rings (SSSR count). The molecular weight excluding hydrogens is 224 g/mol. The lowest BCUT2D eigenvalue weighted by molar-refractivity contribution is -0.148. The topological polar surface area (TPSA) is 35.5 Å². The van der Waals surface area contributed by atoms with Crippen LogP contribution >= 0.6 is 11.8 Å². The molecule has 0 amide bonds. The van der Waals surface area contributed by atoms with Crippen molar-refractivity contribution >= 4 is 17.7 Å². The summed E-state index contributed by atoms with van der Waals surface area (Å²) in [5, 5.41) is 0. The predicted molar refractivity (Wildman–Crippen MR) is 65.2 cm³/mol. The molecule has 1 unspecified atom stereocenters. The maximum atomic E-state index is 11.4. The Labute approximate surface area is 100 Å². The van der Waals surface area contributed by atoms with E-state index < -0.39 is 5.44 Å². The number of ether oxygens (including phenoxy) is 2. The standard InChI is InChI=1S/C12H16O3S/c1-3-16-12(11(13)14-2)15-9-10-7-5-4-6-8-10/h4-8,12H,3,9H2,1-2H3. The Morgan fingerprint density at radius 3 is 2.62 bits per heavy atom. The van der Waals surface area contributed by atoms with E-state index in [2.05, 4.69) is 4.74 Å². The van der Waals surface area contributed by atoms with Crippen LogP contribution in [0.2, 0.25) is 0 Å². The van der Waals surface area contributed by atoms with Gasteiger partial charge in [-0.15, -0.1) is 11.8 Å². The molecule has 1 aromatic carbocycles. The molecule has 0 aromatic heterocycles. The molecule has 0 aliphatic rings. The third-order valence-electron chi connectivity index (χ3n) is 1.96. The normalized spacial score (nSPS) is 12.1. The first-order valence-corrected chi connectivity index (χ1v) is 6.17. The van der Waals surface area contributed by atoms with Crippen LogP contribution in [0, 0.1) is 0 Å². The summed E-state index contributed by atoms with van der Waals surface area (Å²) >= 11 is 1.43. The summed E-state index contributed by atoms with van der Waals surface area (Å²) in [5.41, 5.74) is 0.517. The summed E-state index contributed by atoms with van der Waals surface area (Å²) in [6.45, 7) is 2.40. The summed E-state index contributed by atoms with van der Waals surface area (Å²) in [7, 11) is 1.37. The lowest BCUT2D eigenvalue weighted by atomic mass is 10.2. The Hall–Kier alpha value is -1.00. The van der Waals surface area contributed by atoms with E-state index in [1.807, 2.05) is 37.3 Å². The number of thioether (sulfide) groups is 1. The second-order valence-corrected chi connectivity index (χ2v) is 4.45. The second kappa shape index (κ2) is 7.30. The van der Waals surface area contributed by atoms with E-state index in [1.54, 1.807) is 0 Å². The zero-order valence-corrected chi connectivity index (χ0v) is 10.3. The van der Waals surface area contributed by atoms with Crippen LogP contribution in [0.15, 0.2) is 30.3 Å². The third kappa shape index (κ3) is 4.24. The summed E-state index contributed by atoms with van der Waals surface area (Å²) in [4.78, 5) is 11.4. The number of hydrogen-bond donors (Lipinski definition) is 0. The Bertz CT molecular complexity index is 313. The molecule has 0 heterocycles. The second-order valence-electron chi connectivity index (χ2n) is 3.11. The van der Waals surface area contributed by atoms with Crippen molar-refractivity contribution in [1.29, 1.82) is 0 Å². The zero-order valence-electron chi connectivity index (χ0n) is 9.51. The summed E-state index contributed by atoms with van der Waals surface area (Å²) < 4.78 is 10.2. The third-order valence-corrected chi connectivity index (χ3v) is 2.92. The molecule has 0 N–H and O–H groups in total. The van der Waals surface area contributed by atoms with Crippen LogP contribution in [0.4, 0.5) is 0 Å². The highest BCUT2D eigenvalue weighted by Crippen LogP contribution is 2.15. The molecule has 0 bridgehead atoms. The van der Waals surface area contributed by atoms with E-state index in [-0.39, 0.29) is 5.97 Å². The molecule has 1 aromatic rings. The average Bonchev–Trinajstić information content (AvgIpc) is 2.34. The monoisotopic (exact) mass is 240 g/mol. The Balaban J connectivity index is 2.47. The van der Waals surface area contributed by atoms with Gasteiger partial charge in [-0.05, 0) is 11.3 Å². The van der Waals surface area contributed by atoms with E-state index >= 15 is 0 Å². The average molecular weight is 240 g/mol. The highest BCUT2D eigenvalue weighted by Gasteiger charge is 2.19. The molecular formula is C12H16O3S. The minimum absolute atomic E-state index is 0.331. The number of rotatable bonds is 6.